The molecule has 1 aromatic carbocycles. The van der Waals surface area contributed by atoms with Gasteiger partial charge in [0.2, 0.25) is 5.88 Å². The topological polar surface area (TPSA) is 70.2 Å². The number of alkyl halides is 1. The fourth-order valence-electron chi connectivity index (χ4n) is 1.77. The van der Waals surface area contributed by atoms with Gasteiger partial charge in [0, 0.05) is 30.1 Å². The molecule has 0 spiro atoms. The van der Waals surface area contributed by atoms with E-state index in [2.05, 4.69) is 21.0 Å². The molecule has 0 unspecified atom stereocenters. The summed E-state index contributed by atoms with van der Waals surface area (Å²) >= 11 is 9.24. The minimum absolute atomic E-state index is 0.0341. The first kappa shape index (κ1) is 14.8. The van der Waals surface area contributed by atoms with Crippen molar-refractivity contribution >= 4 is 33.2 Å². The lowest BCUT2D eigenvalue weighted by Gasteiger charge is -2.08. The first-order chi connectivity index (χ1) is 9.43. The molecule has 0 radical (unpaired) electrons. The quantitative estimate of drug-likeness (QED) is 0.470. The maximum absolute atomic E-state index is 10.7. The molecule has 0 aliphatic carbocycles. The second-order valence-corrected chi connectivity index (χ2v) is 5.07. The number of nitrogens with zero attached hydrogens (tertiary/aromatic N) is 3. The maximum atomic E-state index is 10.7. The highest BCUT2D eigenvalue weighted by molar-refractivity contribution is 9.08. The molecule has 0 amide bonds. The third kappa shape index (κ3) is 2.78. The van der Waals surface area contributed by atoms with Crippen LogP contribution in [0.3, 0.4) is 0 Å². The molecule has 0 aliphatic rings. The fraction of sp³-hybridized carbons (Fsp3) is 0.250. The number of hydrogen-bond donors (Lipinski definition) is 0. The monoisotopic (exact) mass is 359 g/mol. The van der Waals surface area contributed by atoms with Crippen LogP contribution in [0.25, 0.3) is 0 Å². The first-order valence-corrected chi connectivity index (χ1v) is 7.14. The highest BCUT2D eigenvalue weighted by Crippen LogP contribution is 2.33. The van der Waals surface area contributed by atoms with Crippen LogP contribution in [0.4, 0.5) is 5.69 Å². The minimum Gasteiger partial charge on any atom is -0.439 e. The van der Waals surface area contributed by atoms with Crippen LogP contribution in [0, 0.1) is 17.0 Å². The van der Waals surface area contributed by atoms with Gasteiger partial charge in [-0.3, -0.25) is 10.1 Å². The van der Waals surface area contributed by atoms with Crippen LogP contribution in [0.15, 0.2) is 18.2 Å². The lowest BCUT2D eigenvalue weighted by molar-refractivity contribution is -0.384. The summed E-state index contributed by atoms with van der Waals surface area (Å²) in [4.78, 5) is 10.2. The van der Waals surface area contributed by atoms with Crippen LogP contribution in [-0.2, 0) is 12.4 Å². The summed E-state index contributed by atoms with van der Waals surface area (Å²) in [7, 11) is 1.77. The molecule has 0 saturated heterocycles. The van der Waals surface area contributed by atoms with Crippen molar-refractivity contribution in [1.29, 1.82) is 0 Å². The lowest BCUT2D eigenvalue weighted by Crippen LogP contribution is -1.97. The molecule has 8 heteroatoms. The summed E-state index contributed by atoms with van der Waals surface area (Å²) in [6.07, 6.45) is 0. The molecule has 0 atom stereocenters. The molecular weight excluding hydrogens is 350 g/mol. The van der Waals surface area contributed by atoms with E-state index in [9.17, 15) is 10.1 Å². The van der Waals surface area contributed by atoms with Crippen molar-refractivity contribution in [1.82, 2.24) is 9.78 Å². The molecule has 1 aromatic heterocycles. The van der Waals surface area contributed by atoms with E-state index >= 15 is 0 Å². The van der Waals surface area contributed by atoms with Crippen molar-refractivity contribution in [2.24, 2.45) is 7.05 Å². The van der Waals surface area contributed by atoms with Crippen LogP contribution in [-0.4, -0.2) is 14.7 Å². The van der Waals surface area contributed by atoms with Crippen LogP contribution < -0.4 is 4.74 Å². The highest BCUT2D eigenvalue weighted by Gasteiger charge is 2.17. The molecule has 2 rings (SSSR count). The second kappa shape index (κ2) is 5.80. The summed E-state index contributed by atoms with van der Waals surface area (Å²) in [5.74, 6) is 0.995. The van der Waals surface area contributed by atoms with Gasteiger partial charge in [0.05, 0.1) is 10.6 Å². The van der Waals surface area contributed by atoms with Gasteiger partial charge in [-0.25, -0.2) is 4.68 Å². The molecule has 6 nitrogen and oxygen atoms in total. The number of hydrogen-bond acceptors (Lipinski definition) is 4. The molecule has 106 valence electrons. The first-order valence-electron chi connectivity index (χ1n) is 5.64. The second-order valence-electron chi connectivity index (χ2n) is 4.10. The Morgan fingerprint density at radius 3 is 2.80 bits per heavy atom. The van der Waals surface area contributed by atoms with Gasteiger partial charge in [-0.05, 0) is 13.0 Å². The summed E-state index contributed by atoms with van der Waals surface area (Å²) in [6.45, 7) is 1.88. The number of nitro groups is 1. The maximum Gasteiger partial charge on any atom is 0.288 e. The summed E-state index contributed by atoms with van der Waals surface area (Å²) in [5.41, 5.74) is 1.62. The largest absolute Gasteiger partial charge is 0.439 e. The zero-order chi connectivity index (χ0) is 14.9. The average Bonchev–Trinajstić information content (AvgIpc) is 2.63. The lowest BCUT2D eigenvalue weighted by atomic mass is 10.3. The molecule has 0 fully saturated rings. The van der Waals surface area contributed by atoms with Crippen molar-refractivity contribution in [2.45, 2.75) is 12.3 Å². The van der Waals surface area contributed by atoms with E-state index in [-0.39, 0.29) is 10.7 Å². The van der Waals surface area contributed by atoms with Crippen molar-refractivity contribution in [3.63, 3.8) is 0 Å². The zero-order valence-electron chi connectivity index (χ0n) is 10.8. The van der Waals surface area contributed by atoms with Crippen LogP contribution in [0.5, 0.6) is 11.6 Å². The normalized spacial score (nSPS) is 10.6. The minimum atomic E-state index is -0.537. The predicted molar refractivity (Wildman–Crippen MR) is 78.8 cm³/mol. The molecule has 0 aliphatic heterocycles. The Labute approximate surface area is 128 Å². The third-order valence-electron chi connectivity index (χ3n) is 2.75. The molecule has 0 bridgehead atoms. The van der Waals surface area contributed by atoms with Gasteiger partial charge in [0.15, 0.2) is 0 Å². The van der Waals surface area contributed by atoms with E-state index in [0.29, 0.717) is 17.0 Å². The van der Waals surface area contributed by atoms with Crippen molar-refractivity contribution in [3.8, 4) is 11.6 Å². The van der Waals surface area contributed by atoms with Gasteiger partial charge in [-0.1, -0.05) is 27.5 Å². The standard InChI is InChI=1S/C12H11BrClN3O3/c1-7-9(6-13)12(16(2)15-7)20-8-3-4-11(17(18)19)10(14)5-8/h3-5H,6H2,1-2H3. The van der Waals surface area contributed by atoms with E-state index < -0.39 is 4.92 Å². The number of aryl methyl sites for hydroxylation is 2. The van der Waals surface area contributed by atoms with E-state index in [1.807, 2.05) is 6.92 Å². The van der Waals surface area contributed by atoms with Crippen LogP contribution in [0.2, 0.25) is 5.02 Å². The number of nitro benzene ring substituents is 1. The Bertz CT molecular complexity index is 672. The molecule has 0 N–H and O–H groups in total. The van der Waals surface area contributed by atoms with E-state index in [4.69, 9.17) is 16.3 Å². The van der Waals surface area contributed by atoms with Crippen molar-refractivity contribution in [2.75, 3.05) is 0 Å². The Balaban J connectivity index is 2.36. The summed E-state index contributed by atoms with van der Waals surface area (Å²) in [5, 5.41) is 15.6. The van der Waals surface area contributed by atoms with Gasteiger partial charge in [0.1, 0.15) is 10.8 Å². The Morgan fingerprint density at radius 2 is 2.25 bits per heavy atom. The molecule has 0 saturated carbocycles. The van der Waals surface area contributed by atoms with Gasteiger partial charge in [-0.15, -0.1) is 0 Å². The molecule has 1 heterocycles. The number of halogens is 2. The number of aromatic nitrogens is 2. The van der Waals surface area contributed by atoms with E-state index in [1.54, 1.807) is 11.7 Å². The van der Waals surface area contributed by atoms with E-state index in [1.165, 1.54) is 18.2 Å². The molecule has 2 aromatic rings. The predicted octanol–water partition coefficient (Wildman–Crippen LogP) is 3.98. The Kier molecular flexibility index (Phi) is 4.29. The van der Waals surface area contributed by atoms with Crippen molar-refractivity contribution in [3.05, 3.63) is 44.6 Å². The summed E-state index contributed by atoms with van der Waals surface area (Å²) in [6, 6.07) is 4.24. The number of ether oxygens (including phenoxy) is 1. The van der Waals surface area contributed by atoms with Crippen molar-refractivity contribution < 1.29 is 9.66 Å². The third-order valence-corrected chi connectivity index (χ3v) is 3.62. The highest BCUT2D eigenvalue weighted by atomic mass is 79.9. The number of rotatable bonds is 4. The Morgan fingerprint density at radius 1 is 1.55 bits per heavy atom. The van der Waals surface area contributed by atoms with Gasteiger partial charge < -0.3 is 4.74 Å². The van der Waals surface area contributed by atoms with Gasteiger partial charge >= 0.3 is 0 Å². The Hall–Kier alpha value is -1.60. The molecular formula is C12H11BrClN3O3. The van der Waals surface area contributed by atoms with E-state index in [0.717, 1.165) is 11.3 Å². The van der Waals surface area contributed by atoms with Gasteiger partial charge in [0.25, 0.3) is 5.69 Å². The smallest absolute Gasteiger partial charge is 0.288 e. The number of benzene rings is 1. The SMILES string of the molecule is Cc1nn(C)c(Oc2ccc([N+](=O)[O-])c(Cl)c2)c1CBr. The molecule has 20 heavy (non-hydrogen) atoms. The van der Waals surface area contributed by atoms with Crippen LogP contribution >= 0.6 is 27.5 Å². The zero-order valence-corrected chi connectivity index (χ0v) is 13.1. The summed E-state index contributed by atoms with van der Waals surface area (Å²) < 4.78 is 7.34. The van der Waals surface area contributed by atoms with Gasteiger partial charge in [-0.2, -0.15) is 5.10 Å². The average molecular weight is 361 g/mol. The van der Waals surface area contributed by atoms with Crippen LogP contribution in [0.1, 0.15) is 11.3 Å². The fourth-order valence-corrected chi connectivity index (χ4v) is 2.66.